The molecule has 0 spiro atoms. The van der Waals surface area contributed by atoms with E-state index in [9.17, 15) is 9.59 Å². The number of nitrogens with one attached hydrogen (secondary N) is 2. The van der Waals surface area contributed by atoms with Crippen LogP contribution in [0.1, 0.15) is 25.5 Å². The number of amides is 3. The van der Waals surface area contributed by atoms with Crippen molar-refractivity contribution >= 4 is 27.9 Å². The molecule has 1 aromatic carbocycles. The summed E-state index contributed by atoms with van der Waals surface area (Å²) in [5.74, 6) is -0.00743. The lowest BCUT2D eigenvalue weighted by Crippen LogP contribution is -2.38. The van der Waals surface area contributed by atoms with E-state index in [2.05, 4.69) is 21.2 Å². The van der Waals surface area contributed by atoms with Crippen molar-refractivity contribution in [3.05, 3.63) is 28.2 Å². The number of carbonyl (C=O) groups excluding carboxylic acids is 2. The summed E-state index contributed by atoms with van der Waals surface area (Å²) in [5.41, 5.74) is 5.79. The van der Waals surface area contributed by atoms with Gasteiger partial charge in [0.05, 0.1) is 0 Å². The van der Waals surface area contributed by atoms with Crippen molar-refractivity contribution in [3.63, 3.8) is 0 Å². The molecule has 0 saturated carbocycles. The Hall–Kier alpha value is -1.60. The summed E-state index contributed by atoms with van der Waals surface area (Å²) in [6, 6.07) is 4.79. The van der Waals surface area contributed by atoms with Crippen LogP contribution in [0.25, 0.3) is 0 Å². The monoisotopic (exact) mass is 343 g/mol. The third kappa shape index (κ3) is 5.18. The van der Waals surface area contributed by atoms with Crippen molar-refractivity contribution in [1.82, 2.24) is 10.6 Å². The lowest BCUT2D eigenvalue weighted by Gasteiger charge is -2.17. The summed E-state index contributed by atoms with van der Waals surface area (Å²) in [5, 5.41) is 5.22. The molecule has 1 atom stereocenters. The topological polar surface area (TPSA) is 93.4 Å². The van der Waals surface area contributed by atoms with Crippen molar-refractivity contribution in [2.24, 2.45) is 5.73 Å². The summed E-state index contributed by atoms with van der Waals surface area (Å²) in [4.78, 5) is 21.9. The van der Waals surface area contributed by atoms with Gasteiger partial charge in [0.1, 0.15) is 5.75 Å². The highest BCUT2D eigenvalue weighted by Crippen LogP contribution is 2.28. The molecule has 0 aliphatic carbocycles. The molecule has 1 unspecified atom stereocenters. The van der Waals surface area contributed by atoms with Crippen LogP contribution in [0.3, 0.4) is 0 Å². The predicted molar refractivity (Wildman–Crippen MR) is 79.5 cm³/mol. The van der Waals surface area contributed by atoms with E-state index in [0.29, 0.717) is 5.75 Å². The number of ether oxygens (including phenoxy) is 1. The Balaban J connectivity index is 2.79. The van der Waals surface area contributed by atoms with Crippen LogP contribution < -0.4 is 21.1 Å². The van der Waals surface area contributed by atoms with Gasteiger partial charge >= 0.3 is 6.03 Å². The van der Waals surface area contributed by atoms with Gasteiger partial charge < -0.3 is 15.8 Å². The Morgan fingerprint density at radius 2 is 2.15 bits per heavy atom. The fraction of sp³-hybridized carbons (Fsp3) is 0.385. The van der Waals surface area contributed by atoms with E-state index >= 15 is 0 Å². The molecule has 0 aliphatic rings. The van der Waals surface area contributed by atoms with E-state index in [1.807, 2.05) is 31.3 Å². The molecule has 0 heterocycles. The maximum atomic E-state index is 11.4. The number of primary amides is 1. The average Bonchev–Trinajstić information content (AvgIpc) is 2.36. The Kier molecular flexibility index (Phi) is 6.47. The molecule has 0 bridgehead atoms. The first-order valence-electron chi connectivity index (χ1n) is 6.19. The standard InChI is InChI=1S/C13H18BrN3O3/c1-3-16-8(2)10-5-4-9(14)6-11(10)20-7-12(18)17-13(15)19/h4-6,8,16H,3,7H2,1-2H3,(H3,15,17,18,19). The molecular weight excluding hydrogens is 326 g/mol. The largest absolute Gasteiger partial charge is 0.483 e. The summed E-state index contributed by atoms with van der Waals surface area (Å²) in [6.07, 6.45) is 0. The van der Waals surface area contributed by atoms with Gasteiger partial charge in [0.25, 0.3) is 5.91 Å². The van der Waals surface area contributed by atoms with E-state index < -0.39 is 11.9 Å². The molecule has 3 amide bonds. The Bertz CT molecular complexity index is 494. The molecule has 0 saturated heterocycles. The molecule has 110 valence electrons. The van der Waals surface area contributed by atoms with Crippen LogP contribution in [0.5, 0.6) is 5.75 Å². The van der Waals surface area contributed by atoms with E-state index in [0.717, 1.165) is 16.6 Å². The minimum atomic E-state index is -0.894. The second kappa shape index (κ2) is 7.86. The smallest absolute Gasteiger partial charge is 0.318 e. The lowest BCUT2D eigenvalue weighted by molar-refractivity contribution is -0.121. The highest BCUT2D eigenvalue weighted by molar-refractivity contribution is 9.10. The van der Waals surface area contributed by atoms with Gasteiger partial charge in [-0.3, -0.25) is 10.1 Å². The number of hydrogen-bond acceptors (Lipinski definition) is 4. The van der Waals surface area contributed by atoms with Gasteiger partial charge in [-0.1, -0.05) is 28.9 Å². The van der Waals surface area contributed by atoms with E-state index in [-0.39, 0.29) is 12.6 Å². The minimum Gasteiger partial charge on any atom is -0.483 e. The van der Waals surface area contributed by atoms with Crippen molar-refractivity contribution in [2.75, 3.05) is 13.2 Å². The van der Waals surface area contributed by atoms with Crippen molar-refractivity contribution in [3.8, 4) is 5.75 Å². The number of rotatable bonds is 6. The molecule has 6 nitrogen and oxygen atoms in total. The van der Waals surface area contributed by atoms with Gasteiger partial charge in [-0.05, 0) is 25.6 Å². The summed E-state index contributed by atoms with van der Waals surface area (Å²) in [6.45, 7) is 4.56. The molecule has 1 aromatic rings. The Labute approximate surface area is 126 Å². The molecule has 1 rings (SSSR count). The van der Waals surface area contributed by atoms with Crippen molar-refractivity contribution in [2.45, 2.75) is 19.9 Å². The number of benzene rings is 1. The average molecular weight is 344 g/mol. The molecular formula is C13H18BrN3O3. The molecule has 0 radical (unpaired) electrons. The summed E-state index contributed by atoms with van der Waals surface area (Å²) in [7, 11) is 0. The molecule has 0 aliphatic heterocycles. The maximum Gasteiger partial charge on any atom is 0.318 e. The van der Waals surface area contributed by atoms with E-state index in [1.165, 1.54) is 0 Å². The van der Waals surface area contributed by atoms with Gasteiger partial charge in [-0.15, -0.1) is 0 Å². The first-order valence-corrected chi connectivity index (χ1v) is 6.98. The van der Waals surface area contributed by atoms with Gasteiger partial charge in [-0.25, -0.2) is 4.79 Å². The van der Waals surface area contributed by atoms with E-state index in [1.54, 1.807) is 6.07 Å². The van der Waals surface area contributed by atoms with Crippen LogP contribution in [-0.4, -0.2) is 25.1 Å². The van der Waals surface area contributed by atoms with Crippen LogP contribution in [0.4, 0.5) is 4.79 Å². The molecule has 0 fully saturated rings. The van der Waals surface area contributed by atoms with Crippen LogP contribution in [0.15, 0.2) is 22.7 Å². The maximum absolute atomic E-state index is 11.4. The Morgan fingerprint density at radius 3 is 2.75 bits per heavy atom. The highest BCUT2D eigenvalue weighted by Gasteiger charge is 2.13. The number of carbonyl (C=O) groups is 2. The predicted octanol–water partition coefficient (Wildman–Crippen LogP) is 1.69. The quantitative estimate of drug-likeness (QED) is 0.732. The summed E-state index contributed by atoms with van der Waals surface area (Å²) >= 11 is 3.36. The number of imide groups is 1. The number of urea groups is 1. The van der Waals surface area contributed by atoms with Crippen LogP contribution >= 0.6 is 15.9 Å². The molecule has 4 N–H and O–H groups in total. The first-order chi connectivity index (χ1) is 9.43. The molecule has 20 heavy (non-hydrogen) atoms. The fourth-order valence-corrected chi connectivity index (χ4v) is 2.06. The van der Waals surface area contributed by atoms with Crippen molar-refractivity contribution in [1.29, 1.82) is 0 Å². The van der Waals surface area contributed by atoms with E-state index in [4.69, 9.17) is 10.5 Å². The number of hydrogen-bond donors (Lipinski definition) is 3. The van der Waals surface area contributed by atoms with Gasteiger partial charge in [-0.2, -0.15) is 0 Å². The third-order valence-electron chi connectivity index (χ3n) is 2.57. The second-order valence-electron chi connectivity index (χ2n) is 4.16. The zero-order valence-electron chi connectivity index (χ0n) is 11.4. The Morgan fingerprint density at radius 1 is 1.45 bits per heavy atom. The van der Waals surface area contributed by atoms with Crippen LogP contribution in [0.2, 0.25) is 0 Å². The minimum absolute atomic E-state index is 0.0855. The van der Waals surface area contributed by atoms with Crippen LogP contribution in [0, 0.1) is 0 Å². The lowest BCUT2D eigenvalue weighted by atomic mass is 10.1. The highest BCUT2D eigenvalue weighted by atomic mass is 79.9. The molecule has 0 aromatic heterocycles. The first kappa shape index (κ1) is 16.5. The van der Waals surface area contributed by atoms with Crippen molar-refractivity contribution < 1.29 is 14.3 Å². The molecule has 7 heteroatoms. The van der Waals surface area contributed by atoms with Gasteiger partial charge in [0.2, 0.25) is 0 Å². The second-order valence-corrected chi connectivity index (χ2v) is 5.08. The van der Waals surface area contributed by atoms with Gasteiger partial charge in [0, 0.05) is 16.1 Å². The zero-order valence-corrected chi connectivity index (χ0v) is 13.0. The number of halogens is 1. The normalized spacial score (nSPS) is 11.8. The third-order valence-corrected chi connectivity index (χ3v) is 3.07. The SMILES string of the molecule is CCNC(C)c1ccc(Br)cc1OCC(=O)NC(N)=O. The van der Waals surface area contributed by atoms with Gasteiger partial charge in [0.15, 0.2) is 6.61 Å². The number of nitrogens with two attached hydrogens (primary N) is 1. The van der Waals surface area contributed by atoms with Crippen LogP contribution in [-0.2, 0) is 4.79 Å². The fourth-order valence-electron chi connectivity index (χ4n) is 1.72. The zero-order chi connectivity index (χ0) is 15.1. The summed E-state index contributed by atoms with van der Waals surface area (Å²) < 4.78 is 6.30.